The van der Waals surface area contributed by atoms with Crippen LogP contribution in [0.3, 0.4) is 0 Å². The van der Waals surface area contributed by atoms with Crippen LogP contribution in [0.25, 0.3) is 0 Å². The van der Waals surface area contributed by atoms with Crippen LogP contribution in [-0.4, -0.2) is 25.0 Å². The number of hydrogen-bond acceptors (Lipinski definition) is 4. The summed E-state index contributed by atoms with van der Waals surface area (Å²) < 4.78 is 22.4. The second-order valence-electron chi connectivity index (χ2n) is 4.90. The molecule has 116 valence electrons. The van der Waals surface area contributed by atoms with E-state index in [0.29, 0.717) is 6.42 Å². The van der Waals surface area contributed by atoms with E-state index in [-0.39, 0.29) is 23.2 Å². The maximum absolute atomic E-state index is 12.8. The summed E-state index contributed by atoms with van der Waals surface area (Å²) in [6, 6.07) is 7.23. The molecular weight excluding hydrogens is 289 g/mol. The smallest absolute Gasteiger partial charge is 0.341 e. The Morgan fingerprint density at radius 1 is 1.32 bits per heavy atom. The summed E-state index contributed by atoms with van der Waals surface area (Å²) in [5.41, 5.74) is 1.09. The summed E-state index contributed by atoms with van der Waals surface area (Å²) in [5.74, 6) is -1.26. The Labute approximate surface area is 127 Å². The Morgan fingerprint density at radius 3 is 2.64 bits per heavy atom. The molecule has 5 nitrogen and oxygen atoms in total. The van der Waals surface area contributed by atoms with Gasteiger partial charge in [0.1, 0.15) is 12.1 Å². The molecule has 0 saturated carbocycles. The standard InChI is InChI=1S/C16H16FNO4/c1-10(7-11-3-5-13(17)6-4-11)18-15(19)14-8-12(9-22-14)16(20)21-2/h3-6,8-10H,7H2,1-2H3,(H,18,19). The molecule has 1 aromatic heterocycles. The zero-order chi connectivity index (χ0) is 16.1. The second-order valence-corrected chi connectivity index (χ2v) is 4.90. The number of furan rings is 1. The van der Waals surface area contributed by atoms with Crippen molar-refractivity contribution in [3.8, 4) is 0 Å². The van der Waals surface area contributed by atoms with Crippen LogP contribution in [0.2, 0.25) is 0 Å². The zero-order valence-electron chi connectivity index (χ0n) is 12.3. The molecule has 1 N–H and O–H groups in total. The van der Waals surface area contributed by atoms with Gasteiger partial charge in [0, 0.05) is 12.1 Å². The number of hydrogen-bond donors (Lipinski definition) is 1. The van der Waals surface area contributed by atoms with Gasteiger partial charge in [0.05, 0.1) is 12.7 Å². The van der Waals surface area contributed by atoms with Gasteiger partial charge >= 0.3 is 5.97 Å². The van der Waals surface area contributed by atoms with Gasteiger partial charge in [-0.1, -0.05) is 12.1 Å². The van der Waals surface area contributed by atoms with Gasteiger partial charge in [-0.25, -0.2) is 9.18 Å². The molecule has 0 saturated heterocycles. The van der Waals surface area contributed by atoms with Crippen LogP contribution in [0.4, 0.5) is 4.39 Å². The lowest BCUT2D eigenvalue weighted by atomic mass is 10.1. The fraction of sp³-hybridized carbons (Fsp3) is 0.250. The van der Waals surface area contributed by atoms with Crippen LogP contribution in [0, 0.1) is 5.82 Å². The van der Waals surface area contributed by atoms with E-state index in [0.717, 1.165) is 5.56 Å². The highest BCUT2D eigenvalue weighted by atomic mass is 19.1. The molecule has 0 aliphatic rings. The number of esters is 1. The number of carbonyl (C=O) groups excluding carboxylic acids is 2. The van der Waals surface area contributed by atoms with Gasteiger partial charge in [0.2, 0.25) is 0 Å². The summed E-state index contributed by atoms with van der Waals surface area (Å²) in [6.45, 7) is 1.82. The van der Waals surface area contributed by atoms with Crippen LogP contribution < -0.4 is 5.32 Å². The first-order chi connectivity index (χ1) is 10.5. The van der Waals surface area contributed by atoms with Gasteiger partial charge in [-0.3, -0.25) is 4.79 Å². The van der Waals surface area contributed by atoms with Gasteiger partial charge < -0.3 is 14.5 Å². The van der Waals surface area contributed by atoms with Crippen molar-refractivity contribution >= 4 is 11.9 Å². The number of nitrogens with one attached hydrogen (secondary N) is 1. The summed E-state index contributed by atoms with van der Waals surface area (Å²) in [6.07, 6.45) is 1.72. The van der Waals surface area contributed by atoms with E-state index in [2.05, 4.69) is 10.1 Å². The predicted molar refractivity (Wildman–Crippen MR) is 77.1 cm³/mol. The SMILES string of the molecule is COC(=O)c1coc(C(=O)NC(C)Cc2ccc(F)cc2)c1. The minimum absolute atomic E-state index is 0.0337. The third-order valence-electron chi connectivity index (χ3n) is 3.08. The Morgan fingerprint density at radius 2 is 2.00 bits per heavy atom. The Balaban J connectivity index is 1.94. The molecule has 0 aliphatic carbocycles. The number of rotatable bonds is 5. The molecule has 0 bridgehead atoms. The number of methoxy groups -OCH3 is 1. The van der Waals surface area contributed by atoms with Crippen molar-refractivity contribution < 1.29 is 23.1 Å². The maximum atomic E-state index is 12.8. The molecule has 0 aliphatic heterocycles. The number of halogens is 1. The highest BCUT2D eigenvalue weighted by Crippen LogP contribution is 2.10. The van der Waals surface area contributed by atoms with Crippen molar-refractivity contribution in [1.29, 1.82) is 0 Å². The van der Waals surface area contributed by atoms with E-state index in [4.69, 9.17) is 4.42 Å². The predicted octanol–water partition coefficient (Wildman–Crippen LogP) is 2.57. The quantitative estimate of drug-likeness (QED) is 0.862. The van der Waals surface area contributed by atoms with Crippen LogP contribution in [0.15, 0.2) is 41.0 Å². The van der Waals surface area contributed by atoms with Crippen molar-refractivity contribution in [3.05, 3.63) is 59.3 Å². The van der Waals surface area contributed by atoms with Crippen molar-refractivity contribution in [1.82, 2.24) is 5.32 Å². The third kappa shape index (κ3) is 3.94. The van der Waals surface area contributed by atoms with Crippen molar-refractivity contribution in [3.63, 3.8) is 0 Å². The molecule has 6 heteroatoms. The number of ether oxygens (including phenoxy) is 1. The normalized spacial score (nSPS) is 11.8. The van der Waals surface area contributed by atoms with Gasteiger partial charge in [-0.05, 0) is 31.0 Å². The molecule has 2 aromatic rings. The maximum Gasteiger partial charge on any atom is 0.341 e. The molecule has 1 heterocycles. The minimum Gasteiger partial charge on any atom is -0.465 e. The minimum atomic E-state index is -0.567. The molecule has 0 spiro atoms. The zero-order valence-corrected chi connectivity index (χ0v) is 12.3. The number of carbonyl (C=O) groups is 2. The summed E-state index contributed by atoms with van der Waals surface area (Å²) >= 11 is 0. The Kier molecular flexibility index (Phi) is 4.93. The highest BCUT2D eigenvalue weighted by Gasteiger charge is 2.17. The highest BCUT2D eigenvalue weighted by molar-refractivity contribution is 5.96. The first kappa shape index (κ1) is 15.8. The van der Waals surface area contributed by atoms with E-state index >= 15 is 0 Å². The van der Waals surface area contributed by atoms with Crippen LogP contribution in [0.1, 0.15) is 33.4 Å². The van der Waals surface area contributed by atoms with Crippen LogP contribution in [0.5, 0.6) is 0 Å². The third-order valence-corrected chi connectivity index (χ3v) is 3.08. The first-order valence-corrected chi connectivity index (χ1v) is 6.71. The molecule has 1 unspecified atom stereocenters. The van der Waals surface area contributed by atoms with Gasteiger partial charge in [0.15, 0.2) is 5.76 Å². The van der Waals surface area contributed by atoms with Crippen molar-refractivity contribution in [2.45, 2.75) is 19.4 Å². The van der Waals surface area contributed by atoms with Crippen molar-refractivity contribution in [2.75, 3.05) is 7.11 Å². The lowest BCUT2D eigenvalue weighted by molar-refractivity contribution is 0.0599. The Bertz CT molecular complexity index is 663. The van der Waals surface area contributed by atoms with E-state index < -0.39 is 11.9 Å². The summed E-state index contributed by atoms with van der Waals surface area (Å²) in [4.78, 5) is 23.3. The van der Waals surface area contributed by atoms with E-state index in [1.807, 2.05) is 6.92 Å². The van der Waals surface area contributed by atoms with Crippen LogP contribution >= 0.6 is 0 Å². The summed E-state index contributed by atoms with van der Waals surface area (Å²) in [5, 5.41) is 2.75. The Hall–Kier alpha value is -2.63. The average molecular weight is 305 g/mol. The average Bonchev–Trinajstić information content (AvgIpc) is 2.98. The second kappa shape index (κ2) is 6.89. The topological polar surface area (TPSA) is 68.5 Å². The van der Waals surface area contributed by atoms with E-state index in [1.165, 1.54) is 31.6 Å². The van der Waals surface area contributed by atoms with Crippen LogP contribution in [-0.2, 0) is 11.2 Å². The molecule has 2 rings (SSSR count). The molecule has 22 heavy (non-hydrogen) atoms. The van der Waals surface area contributed by atoms with Crippen molar-refractivity contribution in [2.24, 2.45) is 0 Å². The molecule has 1 atom stereocenters. The monoisotopic (exact) mass is 305 g/mol. The molecule has 0 fully saturated rings. The summed E-state index contributed by atoms with van der Waals surface area (Å²) in [7, 11) is 1.25. The molecule has 1 amide bonds. The van der Waals surface area contributed by atoms with E-state index in [1.54, 1.807) is 12.1 Å². The lowest BCUT2D eigenvalue weighted by Gasteiger charge is -2.12. The molecule has 1 aromatic carbocycles. The largest absolute Gasteiger partial charge is 0.465 e. The fourth-order valence-corrected chi connectivity index (χ4v) is 2.00. The molecule has 0 radical (unpaired) electrons. The first-order valence-electron chi connectivity index (χ1n) is 6.71. The lowest BCUT2D eigenvalue weighted by Crippen LogP contribution is -2.33. The fourth-order valence-electron chi connectivity index (χ4n) is 2.00. The van der Waals surface area contributed by atoms with Gasteiger partial charge in [-0.15, -0.1) is 0 Å². The van der Waals surface area contributed by atoms with Gasteiger partial charge in [0.25, 0.3) is 5.91 Å². The van der Waals surface area contributed by atoms with Gasteiger partial charge in [-0.2, -0.15) is 0 Å². The number of amides is 1. The number of benzene rings is 1. The van der Waals surface area contributed by atoms with E-state index in [9.17, 15) is 14.0 Å². The molecular formula is C16H16FNO4.